The molecule has 0 aromatic carbocycles. The average molecular weight is 128 g/mol. The summed E-state index contributed by atoms with van der Waals surface area (Å²) >= 11 is 0. The highest BCUT2D eigenvalue weighted by Crippen LogP contribution is 1.58. The Hall–Kier alpha value is -0.300. The van der Waals surface area contributed by atoms with Gasteiger partial charge in [0.1, 0.15) is 0 Å². The summed E-state index contributed by atoms with van der Waals surface area (Å²) in [7, 11) is 0. The zero-order valence-electron chi connectivity index (χ0n) is 4.06. The van der Waals surface area contributed by atoms with Crippen LogP contribution in [0.5, 0.6) is 0 Å². The Kier molecular flexibility index (Phi) is 186. The maximum absolute atomic E-state index is 7.62. The van der Waals surface area contributed by atoms with Gasteiger partial charge in [-0.3, -0.25) is 0 Å². The molecule has 0 fully saturated rings. The van der Waals surface area contributed by atoms with E-state index in [1.807, 2.05) is 13.0 Å². The molecule has 0 aliphatic carbocycles. The van der Waals surface area contributed by atoms with Crippen LogP contribution in [0.15, 0.2) is 0 Å². The van der Waals surface area contributed by atoms with Crippen molar-refractivity contribution in [1.29, 1.82) is 5.26 Å². The molecular weight excluding hydrogens is 117 g/mol. The third-order valence-electron chi connectivity index (χ3n) is 0.158. The van der Waals surface area contributed by atoms with Crippen molar-refractivity contribution >= 4 is 12.4 Å². The molecule has 0 rings (SSSR count). The number of rotatable bonds is 0. The molecule has 0 atom stereocenters. The van der Waals surface area contributed by atoms with Crippen LogP contribution in [0.4, 0.5) is 0 Å². The van der Waals surface area contributed by atoms with E-state index in [9.17, 15) is 0 Å². The summed E-state index contributed by atoms with van der Waals surface area (Å²) in [6.07, 6.45) is 0.625. The molecule has 0 spiro atoms. The molecule has 0 aromatic rings. The van der Waals surface area contributed by atoms with Gasteiger partial charge < -0.3 is 11.0 Å². The van der Waals surface area contributed by atoms with E-state index in [-0.39, 0.29) is 23.4 Å². The summed E-state index contributed by atoms with van der Waals surface area (Å²) in [5.41, 5.74) is 0. The summed E-state index contributed by atoms with van der Waals surface area (Å²) < 4.78 is 0. The topological polar surface area (TPSA) is 86.8 Å². The summed E-state index contributed by atoms with van der Waals surface area (Å²) in [5.74, 6) is 0. The number of halogens is 1. The largest absolute Gasteiger partial charge is 0.412 e. The lowest BCUT2D eigenvalue weighted by molar-refractivity contribution is 0.823. The molecule has 0 bridgehead atoms. The predicted octanol–water partition coefficient (Wildman–Crippen LogP) is -0.308. The molecule has 0 aliphatic rings. The van der Waals surface area contributed by atoms with Crippen molar-refractivity contribution < 1.29 is 11.0 Å². The maximum Gasteiger partial charge on any atom is 0.0618 e. The zero-order chi connectivity index (χ0) is 3.41. The fourth-order valence-electron chi connectivity index (χ4n) is 0. The van der Waals surface area contributed by atoms with Gasteiger partial charge in [0, 0.05) is 6.42 Å². The number of hydrogen-bond acceptors (Lipinski definition) is 1. The van der Waals surface area contributed by atoms with Crippen LogP contribution in [-0.4, -0.2) is 11.0 Å². The molecule has 0 saturated carbocycles. The predicted molar refractivity (Wildman–Crippen MR) is 30.4 cm³/mol. The minimum Gasteiger partial charge on any atom is -0.412 e. The minimum absolute atomic E-state index is 0. The lowest BCUT2D eigenvalue weighted by atomic mass is 10.6. The molecule has 4 N–H and O–H groups in total. The Bertz CT molecular complexity index is 42.7. The van der Waals surface area contributed by atoms with E-state index < -0.39 is 0 Å². The molecule has 0 unspecified atom stereocenters. The van der Waals surface area contributed by atoms with Gasteiger partial charge in [-0.25, -0.2) is 0 Å². The molecular formula is C3H10ClNO2. The Morgan fingerprint density at radius 3 is 1.57 bits per heavy atom. The Morgan fingerprint density at radius 2 is 1.57 bits per heavy atom. The van der Waals surface area contributed by atoms with Gasteiger partial charge >= 0.3 is 0 Å². The van der Waals surface area contributed by atoms with Crippen LogP contribution in [0.1, 0.15) is 13.3 Å². The Balaban J connectivity index is -0.0000000150. The molecule has 0 amide bonds. The van der Waals surface area contributed by atoms with Crippen molar-refractivity contribution in [3.8, 4) is 6.07 Å². The highest BCUT2D eigenvalue weighted by atomic mass is 35.5. The molecule has 46 valence electrons. The first-order valence-electron chi connectivity index (χ1n) is 1.28. The first-order valence-corrected chi connectivity index (χ1v) is 1.28. The van der Waals surface area contributed by atoms with Crippen LogP contribution >= 0.6 is 12.4 Å². The van der Waals surface area contributed by atoms with Gasteiger partial charge in [-0.05, 0) is 0 Å². The SMILES string of the molecule is CCC#N.Cl.O.O. The van der Waals surface area contributed by atoms with Crippen LogP contribution in [0.3, 0.4) is 0 Å². The first-order chi connectivity index (χ1) is 1.91. The van der Waals surface area contributed by atoms with Crippen LogP contribution in [0.25, 0.3) is 0 Å². The molecule has 7 heavy (non-hydrogen) atoms. The molecule has 0 heterocycles. The third kappa shape index (κ3) is 159. The van der Waals surface area contributed by atoms with Crippen LogP contribution < -0.4 is 0 Å². The highest BCUT2D eigenvalue weighted by Gasteiger charge is 1.49. The van der Waals surface area contributed by atoms with E-state index in [1.54, 1.807) is 0 Å². The quantitative estimate of drug-likeness (QED) is 0.439. The zero-order valence-corrected chi connectivity index (χ0v) is 4.88. The summed E-state index contributed by atoms with van der Waals surface area (Å²) in [6, 6.07) is 1.93. The molecule has 0 radical (unpaired) electrons. The van der Waals surface area contributed by atoms with Crippen molar-refractivity contribution in [2.24, 2.45) is 0 Å². The van der Waals surface area contributed by atoms with E-state index in [2.05, 4.69) is 0 Å². The summed E-state index contributed by atoms with van der Waals surface area (Å²) in [6.45, 7) is 1.82. The summed E-state index contributed by atoms with van der Waals surface area (Å²) in [4.78, 5) is 0. The van der Waals surface area contributed by atoms with Crippen molar-refractivity contribution in [2.75, 3.05) is 0 Å². The van der Waals surface area contributed by atoms with E-state index in [1.165, 1.54) is 0 Å². The first kappa shape index (κ1) is 29.9. The Morgan fingerprint density at radius 1 is 1.43 bits per heavy atom. The number of nitrogens with zero attached hydrogens (tertiary/aromatic N) is 1. The summed E-state index contributed by atoms with van der Waals surface area (Å²) in [5, 5.41) is 7.62. The number of nitriles is 1. The van der Waals surface area contributed by atoms with E-state index in [4.69, 9.17) is 5.26 Å². The fraction of sp³-hybridized carbons (Fsp3) is 0.667. The van der Waals surface area contributed by atoms with Crippen molar-refractivity contribution in [1.82, 2.24) is 0 Å². The van der Waals surface area contributed by atoms with Crippen molar-refractivity contribution in [3.05, 3.63) is 0 Å². The lowest BCUT2D eigenvalue weighted by Crippen LogP contribution is -1.38. The van der Waals surface area contributed by atoms with Gasteiger partial charge in [0.05, 0.1) is 6.07 Å². The standard InChI is InChI=1S/C3H5N.ClH.2H2O/c1-2-3-4;;;/h2H2,1H3;1H;2*1H2. The van der Waals surface area contributed by atoms with Gasteiger partial charge in [-0.1, -0.05) is 6.92 Å². The average Bonchev–Trinajstić information content (AvgIpc) is 1.37. The second-order valence-electron chi connectivity index (χ2n) is 0.512. The van der Waals surface area contributed by atoms with Crippen LogP contribution in [0.2, 0.25) is 0 Å². The van der Waals surface area contributed by atoms with Gasteiger partial charge in [0.2, 0.25) is 0 Å². The smallest absolute Gasteiger partial charge is 0.0618 e. The molecule has 0 saturated heterocycles. The van der Waals surface area contributed by atoms with E-state index in [0.717, 1.165) is 0 Å². The molecule has 4 heteroatoms. The highest BCUT2D eigenvalue weighted by molar-refractivity contribution is 5.85. The second kappa shape index (κ2) is 43.6. The van der Waals surface area contributed by atoms with Crippen molar-refractivity contribution in [3.63, 3.8) is 0 Å². The second-order valence-corrected chi connectivity index (χ2v) is 0.512. The van der Waals surface area contributed by atoms with Gasteiger partial charge in [0.15, 0.2) is 0 Å². The maximum atomic E-state index is 7.62. The number of hydrogen-bond donors (Lipinski definition) is 0. The third-order valence-corrected chi connectivity index (χ3v) is 0.158. The lowest BCUT2D eigenvalue weighted by Gasteiger charge is -1.47. The normalized spacial score (nSPS) is 2.86. The molecule has 3 nitrogen and oxygen atoms in total. The Labute approximate surface area is 49.0 Å². The minimum atomic E-state index is 0. The van der Waals surface area contributed by atoms with Crippen LogP contribution in [0, 0.1) is 11.3 Å². The van der Waals surface area contributed by atoms with E-state index in [0.29, 0.717) is 6.42 Å². The van der Waals surface area contributed by atoms with Gasteiger partial charge in [0.25, 0.3) is 0 Å². The van der Waals surface area contributed by atoms with Crippen LogP contribution in [-0.2, 0) is 0 Å². The van der Waals surface area contributed by atoms with E-state index >= 15 is 0 Å². The van der Waals surface area contributed by atoms with Crippen molar-refractivity contribution in [2.45, 2.75) is 13.3 Å². The molecule has 0 aliphatic heterocycles. The monoisotopic (exact) mass is 127 g/mol. The van der Waals surface area contributed by atoms with Gasteiger partial charge in [-0.2, -0.15) is 5.26 Å². The fourth-order valence-corrected chi connectivity index (χ4v) is 0. The van der Waals surface area contributed by atoms with Gasteiger partial charge in [-0.15, -0.1) is 12.4 Å². The molecule has 0 aromatic heterocycles.